The second-order valence-corrected chi connectivity index (χ2v) is 3.10. The summed E-state index contributed by atoms with van der Waals surface area (Å²) in [6, 6.07) is 7.76. The van der Waals surface area contributed by atoms with Crippen LogP contribution in [0.2, 0.25) is 0 Å². The number of aromatic nitrogens is 1. The van der Waals surface area contributed by atoms with Crippen LogP contribution >= 0.6 is 0 Å². The Bertz CT molecular complexity index is 452. The molecule has 0 aliphatic rings. The molecule has 1 heterocycles. The van der Waals surface area contributed by atoms with Crippen LogP contribution in [0.5, 0.6) is 5.75 Å². The number of phenols is 1. The predicted octanol–water partition coefficient (Wildman–Crippen LogP) is 0.586. The number of hydrogen-bond acceptors (Lipinski definition) is 3. The largest absolute Gasteiger partial charge is 0.595 e. The van der Waals surface area contributed by atoms with Crippen molar-refractivity contribution >= 4 is 5.69 Å². The average Bonchev–Trinajstić information content (AvgIpc) is 2.71. The monoisotopic (exact) mass is 206 g/mol. The van der Waals surface area contributed by atoms with Gasteiger partial charge in [-0.15, -0.1) is 0 Å². The van der Waals surface area contributed by atoms with Crippen molar-refractivity contribution in [1.82, 2.24) is 4.57 Å². The summed E-state index contributed by atoms with van der Waals surface area (Å²) in [6.07, 6.45) is 3.47. The lowest BCUT2D eigenvalue weighted by Crippen LogP contribution is -2.99. The van der Waals surface area contributed by atoms with Crippen molar-refractivity contribution < 1.29 is 15.5 Å². The standard InChI is InChI=1S/C10H10N2O3/c13-10-4-3-8(12(14)15)7-9(10)11-5-1-2-6-11/h1-7,12-14H. The van der Waals surface area contributed by atoms with E-state index in [9.17, 15) is 10.3 Å². The molecule has 78 valence electrons. The molecule has 15 heavy (non-hydrogen) atoms. The zero-order valence-electron chi connectivity index (χ0n) is 7.79. The molecule has 0 radical (unpaired) electrons. The fourth-order valence-corrected chi connectivity index (χ4v) is 1.36. The maximum absolute atomic E-state index is 10.7. The van der Waals surface area contributed by atoms with Crippen LogP contribution in [0, 0.1) is 5.21 Å². The molecule has 1 atom stereocenters. The molecule has 2 rings (SSSR count). The van der Waals surface area contributed by atoms with E-state index in [0.29, 0.717) is 5.69 Å². The molecule has 0 saturated heterocycles. The van der Waals surface area contributed by atoms with Crippen LogP contribution in [0.25, 0.3) is 5.69 Å². The van der Waals surface area contributed by atoms with Crippen LogP contribution in [0.4, 0.5) is 5.69 Å². The Balaban J connectivity index is 2.51. The fourth-order valence-electron chi connectivity index (χ4n) is 1.36. The highest BCUT2D eigenvalue weighted by molar-refractivity contribution is 5.52. The molecule has 0 aliphatic carbocycles. The summed E-state index contributed by atoms with van der Waals surface area (Å²) in [6.45, 7) is 0. The van der Waals surface area contributed by atoms with Crippen molar-refractivity contribution in [1.29, 1.82) is 0 Å². The Hall–Kier alpha value is -1.82. The second kappa shape index (κ2) is 3.74. The smallest absolute Gasteiger partial charge is 0.166 e. The minimum absolute atomic E-state index is 0.0520. The first-order valence-corrected chi connectivity index (χ1v) is 4.38. The van der Waals surface area contributed by atoms with Gasteiger partial charge in [-0.25, -0.2) is 5.21 Å². The van der Waals surface area contributed by atoms with Gasteiger partial charge in [-0.2, -0.15) is 5.23 Å². The highest BCUT2D eigenvalue weighted by Gasteiger charge is 2.07. The van der Waals surface area contributed by atoms with Gasteiger partial charge < -0.3 is 14.9 Å². The molecule has 0 fully saturated rings. The van der Waals surface area contributed by atoms with Gasteiger partial charge in [0.25, 0.3) is 0 Å². The molecule has 0 bridgehead atoms. The lowest BCUT2D eigenvalue weighted by molar-refractivity contribution is -0.991. The van der Waals surface area contributed by atoms with E-state index in [1.807, 2.05) is 0 Å². The first-order chi connectivity index (χ1) is 7.18. The van der Waals surface area contributed by atoms with Crippen molar-refractivity contribution in [2.75, 3.05) is 0 Å². The van der Waals surface area contributed by atoms with Crippen LogP contribution in [-0.4, -0.2) is 14.9 Å². The van der Waals surface area contributed by atoms with E-state index >= 15 is 0 Å². The van der Waals surface area contributed by atoms with Crippen LogP contribution in [-0.2, 0) is 0 Å². The third-order valence-electron chi connectivity index (χ3n) is 2.10. The zero-order chi connectivity index (χ0) is 10.8. The SMILES string of the molecule is [O-][NH+](O)c1ccc(O)c(-n2cccc2)c1. The molecule has 1 aromatic heterocycles. The number of aromatic hydroxyl groups is 1. The maximum atomic E-state index is 10.7. The van der Waals surface area contributed by atoms with Crippen molar-refractivity contribution in [2.24, 2.45) is 0 Å². The molecule has 1 unspecified atom stereocenters. The first kappa shape index (κ1) is 9.72. The Labute approximate surface area is 86.0 Å². The molecular weight excluding hydrogens is 196 g/mol. The number of benzene rings is 1. The van der Waals surface area contributed by atoms with Crippen molar-refractivity contribution in [2.45, 2.75) is 0 Å². The molecule has 5 heteroatoms. The van der Waals surface area contributed by atoms with Gasteiger partial charge in [0.05, 0.1) is 5.69 Å². The summed E-state index contributed by atoms with van der Waals surface area (Å²) in [5.41, 5.74) is 0.608. The van der Waals surface area contributed by atoms with Gasteiger partial charge in [0.2, 0.25) is 0 Å². The van der Waals surface area contributed by atoms with Crippen LogP contribution in [0.1, 0.15) is 0 Å². The molecule has 0 aliphatic heterocycles. The summed E-state index contributed by atoms with van der Waals surface area (Å²) in [4.78, 5) is 0. The first-order valence-electron chi connectivity index (χ1n) is 4.38. The van der Waals surface area contributed by atoms with Crippen LogP contribution in [0.3, 0.4) is 0 Å². The van der Waals surface area contributed by atoms with Gasteiger partial charge in [0.15, 0.2) is 5.69 Å². The van der Waals surface area contributed by atoms with Gasteiger partial charge in [-0.05, 0) is 18.2 Å². The number of hydrogen-bond donors (Lipinski definition) is 3. The predicted molar refractivity (Wildman–Crippen MR) is 53.2 cm³/mol. The summed E-state index contributed by atoms with van der Waals surface area (Å²) in [5, 5.41) is 28.1. The van der Waals surface area contributed by atoms with Crippen LogP contribution < -0.4 is 5.23 Å². The maximum Gasteiger partial charge on any atom is 0.166 e. The van der Waals surface area contributed by atoms with Crippen LogP contribution in [0.15, 0.2) is 42.7 Å². The Morgan fingerprint density at radius 1 is 1.20 bits per heavy atom. The topological polar surface area (TPSA) is 72.9 Å². The molecule has 0 spiro atoms. The summed E-state index contributed by atoms with van der Waals surface area (Å²) < 4.78 is 1.65. The van der Waals surface area contributed by atoms with E-state index in [2.05, 4.69) is 0 Å². The normalized spacial score (nSPS) is 12.7. The second-order valence-electron chi connectivity index (χ2n) is 3.10. The highest BCUT2D eigenvalue weighted by atomic mass is 16.8. The Kier molecular flexibility index (Phi) is 2.42. The van der Waals surface area contributed by atoms with E-state index in [-0.39, 0.29) is 11.4 Å². The molecule has 0 saturated carbocycles. The fraction of sp³-hybridized carbons (Fsp3) is 0. The molecular formula is C10H10N2O3. The average molecular weight is 206 g/mol. The van der Waals surface area contributed by atoms with E-state index < -0.39 is 5.23 Å². The Morgan fingerprint density at radius 3 is 2.47 bits per heavy atom. The van der Waals surface area contributed by atoms with E-state index in [0.717, 1.165) is 0 Å². The molecule has 0 amide bonds. The van der Waals surface area contributed by atoms with Gasteiger partial charge in [-0.1, -0.05) is 0 Å². The molecule has 2 aromatic rings. The lowest BCUT2D eigenvalue weighted by atomic mass is 10.2. The third-order valence-corrected chi connectivity index (χ3v) is 2.10. The summed E-state index contributed by atoms with van der Waals surface area (Å²) in [7, 11) is 0. The number of rotatable bonds is 2. The van der Waals surface area contributed by atoms with Crippen molar-refractivity contribution in [3.8, 4) is 11.4 Å². The minimum Gasteiger partial charge on any atom is -0.595 e. The number of phenolic OH excluding ortho intramolecular Hbond substituents is 1. The van der Waals surface area contributed by atoms with E-state index in [1.54, 1.807) is 29.1 Å². The summed E-state index contributed by atoms with van der Waals surface area (Å²) in [5.74, 6) is 0.0520. The van der Waals surface area contributed by atoms with Gasteiger partial charge >= 0.3 is 0 Å². The van der Waals surface area contributed by atoms with Gasteiger partial charge in [0.1, 0.15) is 5.75 Å². The van der Waals surface area contributed by atoms with E-state index in [1.165, 1.54) is 18.2 Å². The molecule has 3 N–H and O–H groups in total. The van der Waals surface area contributed by atoms with E-state index in [4.69, 9.17) is 5.21 Å². The van der Waals surface area contributed by atoms with Gasteiger partial charge in [-0.3, -0.25) is 0 Å². The highest BCUT2D eigenvalue weighted by Crippen LogP contribution is 2.23. The molecule has 5 nitrogen and oxygen atoms in total. The number of nitrogens with one attached hydrogen (secondary N) is 1. The Morgan fingerprint density at radius 2 is 1.87 bits per heavy atom. The summed E-state index contributed by atoms with van der Waals surface area (Å²) >= 11 is 0. The minimum atomic E-state index is -1.01. The zero-order valence-corrected chi connectivity index (χ0v) is 7.79. The molecule has 1 aromatic carbocycles. The van der Waals surface area contributed by atoms with Crippen molar-refractivity contribution in [3.63, 3.8) is 0 Å². The number of nitrogens with zero attached hydrogens (tertiary/aromatic N) is 1. The third kappa shape index (κ3) is 1.84. The lowest BCUT2D eigenvalue weighted by Gasteiger charge is -2.13. The van der Waals surface area contributed by atoms with Crippen molar-refractivity contribution in [3.05, 3.63) is 47.9 Å². The quantitative estimate of drug-likeness (QED) is 0.497. The van der Waals surface area contributed by atoms with Gasteiger partial charge in [0, 0.05) is 24.5 Å². The number of quaternary nitrogens is 1.